The smallest absolute Gasteiger partial charge is 0.166 e. The van der Waals surface area contributed by atoms with E-state index in [0.717, 1.165) is 31.2 Å². The minimum Gasteiger partial charge on any atom is -0.166 e. The molecule has 1 aromatic carbocycles. The third-order valence-electron chi connectivity index (χ3n) is 3.22. The summed E-state index contributed by atoms with van der Waals surface area (Å²) in [5.74, 6) is 0.371. The Labute approximate surface area is 99.2 Å². The van der Waals surface area contributed by atoms with Gasteiger partial charge < -0.3 is 0 Å². The number of allylic oxidation sites excluding steroid dienone is 2. The lowest BCUT2D eigenvalue weighted by atomic mass is 9.91. The van der Waals surface area contributed by atoms with Crippen LogP contribution in [0.15, 0.2) is 36.4 Å². The van der Waals surface area contributed by atoms with Crippen LogP contribution in [0, 0.1) is 0 Å². The van der Waals surface area contributed by atoms with Crippen LogP contribution in [0.25, 0.3) is 0 Å². The molecule has 0 amide bonds. The minimum atomic E-state index is -4.23. The molecular weight excluding hydrogens is 225 g/mol. The van der Waals surface area contributed by atoms with Gasteiger partial charge in [-0.2, -0.15) is 13.2 Å². The van der Waals surface area contributed by atoms with Gasteiger partial charge in [-0.3, -0.25) is 0 Å². The molecule has 0 radical (unpaired) electrons. The molecule has 1 unspecified atom stereocenters. The Morgan fingerprint density at radius 2 is 1.71 bits per heavy atom. The van der Waals surface area contributed by atoms with Crippen molar-refractivity contribution in [2.45, 2.75) is 37.8 Å². The Bertz CT molecular complexity index is 387. The molecule has 1 aliphatic carbocycles. The summed E-state index contributed by atoms with van der Waals surface area (Å²) in [5.41, 5.74) is 0.454. The van der Waals surface area contributed by atoms with Gasteiger partial charge in [-0.15, -0.1) is 0 Å². The van der Waals surface area contributed by atoms with Crippen LogP contribution in [-0.4, -0.2) is 0 Å². The van der Waals surface area contributed by atoms with Gasteiger partial charge in [0.25, 0.3) is 0 Å². The van der Waals surface area contributed by atoms with Gasteiger partial charge in [0.15, 0.2) is 0 Å². The number of alkyl halides is 3. The summed E-state index contributed by atoms with van der Waals surface area (Å²) in [5, 5.41) is 0. The fourth-order valence-electron chi connectivity index (χ4n) is 2.23. The summed E-state index contributed by atoms with van der Waals surface area (Å²) in [4.78, 5) is 0. The average Bonchev–Trinajstić information content (AvgIpc) is 2.56. The van der Waals surface area contributed by atoms with Crippen LogP contribution in [0.4, 0.5) is 13.2 Å². The SMILES string of the molecule is FC(F)(F)c1ccc(C2CC=CCCC2)cc1. The van der Waals surface area contributed by atoms with E-state index in [9.17, 15) is 13.2 Å². The third kappa shape index (κ3) is 3.11. The number of halogens is 3. The van der Waals surface area contributed by atoms with Gasteiger partial charge >= 0.3 is 6.18 Å². The Balaban J connectivity index is 2.14. The van der Waals surface area contributed by atoms with Crippen molar-refractivity contribution in [3.63, 3.8) is 0 Å². The van der Waals surface area contributed by atoms with Crippen LogP contribution in [-0.2, 0) is 6.18 Å². The van der Waals surface area contributed by atoms with Crippen molar-refractivity contribution in [1.82, 2.24) is 0 Å². The molecule has 0 spiro atoms. The molecule has 0 saturated carbocycles. The van der Waals surface area contributed by atoms with Crippen molar-refractivity contribution in [2.75, 3.05) is 0 Å². The molecule has 0 bridgehead atoms. The summed E-state index contributed by atoms with van der Waals surface area (Å²) >= 11 is 0. The summed E-state index contributed by atoms with van der Waals surface area (Å²) in [6.07, 6.45) is 4.24. The molecule has 0 heterocycles. The zero-order chi connectivity index (χ0) is 12.3. The van der Waals surface area contributed by atoms with Gasteiger partial charge in [-0.25, -0.2) is 0 Å². The monoisotopic (exact) mass is 240 g/mol. The number of hydrogen-bond donors (Lipinski definition) is 0. The topological polar surface area (TPSA) is 0 Å². The summed E-state index contributed by atoms with van der Waals surface area (Å²) in [7, 11) is 0. The molecule has 92 valence electrons. The van der Waals surface area contributed by atoms with Gasteiger partial charge in [-0.1, -0.05) is 24.3 Å². The fraction of sp³-hybridized carbons (Fsp3) is 0.429. The van der Waals surface area contributed by atoms with Gasteiger partial charge in [0, 0.05) is 0 Å². The lowest BCUT2D eigenvalue weighted by Crippen LogP contribution is -2.05. The van der Waals surface area contributed by atoms with E-state index in [1.54, 1.807) is 12.1 Å². The summed E-state index contributed by atoms with van der Waals surface area (Å²) in [6, 6.07) is 5.60. The third-order valence-corrected chi connectivity index (χ3v) is 3.22. The lowest BCUT2D eigenvalue weighted by molar-refractivity contribution is -0.137. The normalized spacial score (nSPS) is 21.2. The zero-order valence-corrected chi connectivity index (χ0v) is 9.50. The van der Waals surface area contributed by atoms with E-state index in [1.165, 1.54) is 12.1 Å². The van der Waals surface area contributed by atoms with E-state index >= 15 is 0 Å². The Morgan fingerprint density at radius 3 is 2.35 bits per heavy atom. The van der Waals surface area contributed by atoms with E-state index in [-0.39, 0.29) is 0 Å². The highest BCUT2D eigenvalue weighted by Crippen LogP contribution is 2.33. The van der Waals surface area contributed by atoms with E-state index < -0.39 is 11.7 Å². The predicted octanol–water partition coefficient (Wildman–Crippen LogP) is 4.92. The van der Waals surface area contributed by atoms with E-state index in [2.05, 4.69) is 12.2 Å². The molecule has 1 aromatic rings. The Hall–Kier alpha value is -1.25. The Kier molecular flexibility index (Phi) is 3.55. The Morgan fingerprint density at radius 1 is 1.00 bits per heavy atom. The number of benzene rings is 1. The highest BCUT2D eigenvalue weighted by molar-refractivity contribution is 5.27. The second-order valence-electron chi connectivity index (χ2n) is 4.45. The maximum Gasteiger partial charge on any atom is 0.416 e. The van der Waals surface area contributed by atoms with Crippen molar-refractivity contribution in [3.05, 3.63) is 47.5 Å². The molecule has 17 heavy (non-hydrogen) atoms. The first kappa shape index (κ1) is 12.2. The summed E-state index contributed by atoms with van der Waals surface area (Å²) < 4.78 is 37.2. The molecular formula is C14H15F3. The highest BCUT2D eigenvalue weighted by atomic mass is 19.4. The predicted molar refractivity (Wildman–Crippen MR) is 61.8 cm³/mol. The maximum absolute atomic E-state index is 12.4. The molecule has 0 N–H and O–H groups in total. The highest BCUT2D eigenvalue weighted by Gasteiger charge is 2.30. The van der Waals surface area contributed by atoms with Crippen molar-refractivity contribution >= 4 is 0 Å². The molecule has 0 aliphatic heterocycles. The van der Waals surface area contributed by atoms with Gasteiger partial charge in [0.05, 0.1) is 5.56 Å². The first-order valence-corrected chi connectivity index (χ1v) is 5.89. The van der Waals surface area contributed by atoms with Crippen molar-refractivity contribution in [1.29, 1.82) is 0 Å². The molecule has 0 aromatic heterocycles. The first-order chi connectivity index (χ1) is 8.07. The van der Waals surface area contributed by atoms with Crippen LogP contribution in [0.1, 0.15) is 42.7 Å². The van der Waals surface area contributed by atoms with E-state index in [4.69, 9.17) is 0 Å². The lowest BCUT2D eigenvalue weighted by Gasteiger charge is -2.15. The standard InChI is InChI=1S/C14H15F3/c15-14(16,17)13-9-7-12(8-10-13)11-5-3-1-2-4-6-11/h1,3,7-11H,2,4-6H2. The van der Waals surface area contributed by atoms with Crippen LogP contribution < -0.4 is 0 Å². The van der Waals surface area contributed by atoms with Crippen LogP contribution in [0.5, 0.6) is 0 Å². The van der Waals surface area contributed by atoms with E-state index in [1.807, 2.05) is 0 Å². The fourth-order valence-corrected chi connectivity index (χ4v) is 2.23. The van der Waals surface area contributed by atoms with Crippen molar-refractivity contribution in [3.8, 4) is 0 Å². The first-order valence-electron chi connectivity index (χ1n) is 5.89. The second-order valence-corrected chi connectivity index (χ2v) is 4.45. The van der Waals surface area contributed by atoms with Crippen molar-refractivity contribution < 1.29 is 13.2 Å². The summed E-state index contributed by atoms with van der Waals surface area (Å²) in [6.45, 7) is 0. The molecule has 1 aliphatic rings. The number of rotatable bonds is 1. The molecule has 1 atom stereocenters. The maximum atomic E-state index is 12.4. The van der Waals surface area contributed by atoms with Gasteiger partial charge in [0.1, 0.15) is 0 Å². The molecule has 0 fully saturated rings. The average molecular weight is 240 g/mol. The molecule has 3 heteroatoms. The van der Waals surface area contributed by atoms with Crippen LogP contribution >= 0.6 is 0 Å². The minimum absolute atomic E-state index is 0.371. The van der Waals surface area contributed by atoms with E-state index in [0.29, 0.717) is 5.92 Å². The molecule has 2 rings (SSSR count). The van der Waals surface area contributed by atoms with Crippen LogP contribution in [0.3, 0.4) is 0 Å². The van der Waals surface area contributed by atoms with Crippen LogP contribution in [0.2, 0.25) is 0 Å². The number of hydrogen-bond acceptors (Lipinski definition) is 0. The second kappa shape index (κ2) is 4.94. The quantitative estimate of drug-likeness (QED) is 0.611. The molecule has 0 nitrogen and oxygen atoms in total. The van der Waals surface area contributed by atoms with Crippen molar-refractivity contribution in [2.24, 2.45) is 0 Å². The van der Waals surface area contributed by atoms with Gasteiger partial charge in [-0.05, 0) is 49.3 Å². The van der Waals surface area contributed by atoms with Gasteiger partial charge in [0.2, 0.25) is 0 Å². The zero-order valence-electron chi connectivity index (χ0n) is 9.50. The largest absolute Gasteiger partial charge is 0.416 e. The molecule has 0 saturated heterocycles.